The van der Waals surface area contributed by atoms with Gasteiger partial charge in [-0.2, -0.15) is 8.42 Å². The SMILES string of the molecule is CCc1cc(S(=O)(=O)O)cc2oc(C(=O)c3ccc(Cl)cc3Cl)c(NC(N)=O)c12. The number of aryl methyl sites for hydroxylation is 1. The highest BCUT2D eigenvalue weighted by Crippen LogP contribution is 2.38. The number of urea groups is 1. The Hall–Kier alpha value is -2.59. The zero-order chi connectivity index (χ0) is 21.5. The van der Waals surface area contributed by atoms with Gasteiger partial charge in [0.25, 0.3) is 10.1 Å². The third-order valence-corrected chi connectivity index (χ3v) is 5.53. The van der Waals surface area contributed by atoms with Gasteiger partial charge in [-0.05, 0) is 36.2 Å². The van der Waals surface area contributed by atoms with Crippen molar-refractivity contribution < 1.29 is 27.0 Å². The van der Waals surface area contributed by atoms with E-state index in [2.05, 4.69) is 5.32 Å². The average molecular weight is 457 g/mol. The Morgan fingerprint density at radius 1 is 1.21 bits per heavy atom. The Morgan fingerprint density at radius 3 is 2.45 bits per heavy atom. The fourth-order valence-electron chi connectivity index (χ4n) is 2.91. The number of hydrogen-bond acceptors (Lipinski definition) is 5. The second kappa shape index (κ2) is 7.68. The molecule has 0 fully saturated rings. The third kappa shape index (κ3) is 4.08. The number of furan rings is 1. The van der Waals surface area contributed by atoms with Gasteiger partial charge in [0.15, 0.2) is 5.76 Å². The first kappa shape index (κ1) is 21.1. The van der Waals surface area contributed by atoms with E-state index in [1.54, 1.807) is 6.92 Å². The summed E-state index contributed by atoms with van der Waals surface area (Å²) in [6.07, 6.45) is 0.308. The minimum absolute atomic E-state index is 0.0257. The van der Waals surface area contributed by atoms with Gasteiger partial charge < -0.3 is 15.5 Å². The summed E-state index contributed by atoms with van der Waals surface area (Å²) in [5.41, 5.74) is 5.64. The van der Waals surface area contributed by atoms with Crippen LogP contribution in [0.15, 0.2) is 39.6 Å². The van der Waals surface area contributed by atoms with Crippen LogP contribution in [0.2, 0.25) is 10.0 Å². The molecule has 152 valence electrons. The van der Waals surface area contributed by atoms with Crippen LogP contribution in [0.4, 0.5) is 10.5 Å². The van der Waals surface area contributed by atoms with Crippen molar-refractivity contribution >= 4 is 61.8 Å². The van der Waals surface area contributed by atoms with Gasteiger partial charge >= 0.3 is 6.03 Å². The summed E-state index contributed by atoms with van der Waals surface area (Å²) in [6.45, 7) is 1.72. The second-order valence-electron chi connectivity index (χ2n) is 6.03. The van der Waals surface area contributed by atoms with E-state index >= 15 is 0 Å². The van der Waals surface area contributed by atoms with Crippen molar-refractivity contribution in [2.75, 3.05) is 5.32 Å². The molecular weight excluding hydrogens is 443 g/mol. The Kier molecular flexibility index (Phi) is 5.59. The number of carbonyl (C=O) groups is 2. The number of amides is 2. The number of halogens is 2. The Labute approximate surface area is 175 Å². The van der Waals surface area contributed by atoms with Gasteiger partial charge in [-0.3, -0.25) is 9.35 Å². The molecule has 4 N–H and O–H groups in total. The van der Waals surface area contributed by atoms with Crippen LogP contribution >= 0.6 is 23.2 Å². The molecule has 2 amide bonds. The van der Waals surface area contributed by atoms with E-state index in [0.717, 1.165) is 6.07 Å². The van der Waals surface area contributed by atoms with Gasteiger partial charge in [-0.1, -0.05) is 30.1 Å². The number of hydrogen-bond donors (Lipinski definition) is 3. The number of anilines is 1. The number of benzene rings is 2. The molecule has 2 aromatic carbocycles. The van der Waals surface area contributed by atoms with E-state index in [4.69, 9.17) is 33.4 Å². The first-order chi connectivity index (χ1) is 13.5. The maximum Gasteiger partial charge on any atom is 0.316 e. The Balaban J connectivity index is 2.33. The largest absolute Gasteiger partial charge is 0.450 e. The van der Waals surface area contributed by atoms with Crippen LogP contribution in [0.1, 0.15) is 28.6 Å². The summed E-state index contributed by atoms with van der Waals surface area (Å²) in [5, 5.41) is 3.01. The predicted octanol–water partition coefficient (Wildman–Crippen LogP) is 4.27. The monoisotopic (exact) mass is 456 g/mol. The van der Waals surface area contributed by atoms with Crippen molar-refractivity contribution in [2.24, 2.45) is 5.73 Å². The molecule has 0 saturated heterocycles. The van der Waals surface area contributed by atoms with Crippen molar-refractivity contribution in [1.29, 1.82) is 0 Å². The van der Waals surface area contributed by atoms with Crippen LogP contribution in [-0.2, 0) is 16.5 Å². The first-order valence-corrected chi connectivity index (χ1v) is 10.4. The third-order valence-electron chi connectivity index (χ3n) is 4.16. The molecule has 0 aliphatic carbocycles. The predicted molar refractivity (Wildman–Crippen MR) is 109 cm³/mol. The summed E-state index contributed by atoms with van der Waals surface area (Å²) >= 11 is 12.0. The smallest absolute Gasteiger partial charge is 0.316 e. The molecule has 0 aliphatic rings. The maximum atomic E-state index is 13.1. The van der Waals surface area contributed by atoms with E-state index in [-0.39, 0.29) is 33.0 Å². The maximum absolute atomic E-state index is 13.1. The van der Waals surface area contributed by atoms with Crippen LogP contribution in [0.5, 0.6) is 0 Å². The van der Waals surface area contributed by atoms with Crippen molar-refractivity contribution in [2.45, 2.75) is 18.2 Å². The van der Waals surface area contributed by atoms with Crippen molar-refractivity contribution in [1.82, 2.24) is 0 Å². The van der Waals surface area contributed by atoms with E-state index in [1.807, 2.05) is 0 Å². The van der Waals surface area contributed by atoms with Crippen LogP contribution in [0.25, 0.3) is 11.0 Å². The molecule has 0 unspecified atom stereocenters. The molecule has 11 heteroatoms. The number of carbonyl (C=O) groups excluding carboxylic acids is 2. The lowest BCUT2D eigenvalue weighted by atomic mass is 10.0. The molecule has 3 aromatic rings. The molecule has 8 nitrogen and oxygen atoms in total. The molecule has 0 saturated carbocycles. The molecule has 29 heavy (non-hydrogen) atoms. The molecule has 0 aliphatic heterocycles. The number of fused-ring (bicyclic) bond motifs is 1. The summed E-state index contributed by atoms with van der Waals surface area (Å²) in [5.74, 6) is -0.979. The first-order valence-electron chi connectivity index (χ1n) is 8.16. The Bertz CT molecular complexity index is 1270. The number of ketones is 1. The summed E-state index contributed by atoms with van der Waals surface area (Å²) < 4.78 is 38.1. The zero-order valence-corrected chi connectivity index (χ0v) is 17.2. The van der Waals surface area contributed by atoms with Crippen molar-refractivity contribution in [3.05, 3.63) is 57.3 Å². The van der Waals surface area contributed by atoms with Gasteiger partial charge in [-0.15, -0.1) is 0 Å². The number of nitrogens with one attached hydrogen (secondary N) is 1. The van der Waals surface area contributed by atoms with Gasteiger partial charge in [0.05, 0.1) is 9.92 Å². The molecule has 0 spiro atoms. The van der Waals surface area contributed by atoms with E-state index in [0.29, 0.717) is 17.0 Å². The molecule has 0 radical (unpaired) electrons. The standard InChI is InChI=1S/C18H14Cl2N2O6S/c1-2-8-5-10(29(25,26)27)7-13-14(8)15(22-18(21)24)17(28-13)16(23)11-4-3-9(19)6-12(11)20/h3-7H,2H2,1H3,(H3,21,22,24)(H,25,26,27). The summed E-state index contributed by atoms with van der Waals surface area (Å²) in [7, 11) is -4.53. The molecule has 0 bridgehead atoms. The number of primary amides is 1. The fourth-order valence-corrected chi connectivity index (χ4v) is 3.95. The summed E-state index contributed by atoms with van der Waals surface area (Å²) in [4.78, 5) is 24.2. The normalized spacial score (nSPS) is 11.6. The van der Waals surface area contributed by atoms with Gasteiger partial charge in [0, 0.05) is 22.0 Å². The van der Waals surface area contributed by atoms with Crippen LogP contribution < -0.4 is 11.1 Å². The second-order valence-corrected chi connectivity index (χ2v) is 8.30. The van der Waals surface area contributed by atoms with E-state index in [1.165, 1.54) is 24.3 Å². The minimum atomic E-state index is -4.53. The van der Waals surface area contributed by atoms with E-state index < -0.39 is 26.8 Å². The topological polar surface area (TPSA) is 140 Å². The quantitative estimate of drug-likeness (QED) is 0.386. The lowest BCUT2D eigenvalue weighted by Gasteiger charge is -2.07. The van der Waals surface area contributed by atoms with Crippen LogP contribution in [0.3, 0.4) is 0 Å². The highest BCUT2D eigenvalue weighted by molar-refractivity contribution is 7.85. The highest BCUT2D eigenvalue weighted by atomic mass is 35.5. The molecule has 3 rings (SSSR count). The van der Waals surface area contributed by atoms with Crippen LogP contribution in [0, 0.1) is 0 Å². The van der Waals surface area contributed by atoms with Crippen molar-refractivity contribution in [3.63, 3.8) is 0 Å². The fraction of sp³-hybridized carbons (Fsp3) is 0.111. The molecular formula is C18H14Cl2N2O6S. The molecule has 1 heterocycles. The highest BCUT2D eigenvalue weighted by Gasteiger charge is 2.27. The lowest BCUT2D eigenvalue weighted by Crippen LogP contribution is -2.20. The molecule has 1 aromatic heterocycles. The molecule has 0 atom stereocenters. The van der Waals surface area contributed by atoms with Crippen LogP contribution in [-0.4, -0.2) is 24.8 Å². The van der Waals surface area contributed by atoms with Crippen molar-refractivity contribution in [3.8, 4) is 0 Å². The van der Waals surface area contributed by atoms with E-state index in [9.17, 15) is 22.6 Å². The number of rotatable bonds is 5. The summed E-state index contributed by atoms with van der Waals surface area (Å²) in [6, 6.07) is 5.54. The number of nitrogens with two attached hydrogens (primary N) is 1. The Morgan fingerprint density at radius 2 is 1.90 bits per heavy atom. The zero-order valence-electron chi connectivity index (χ0n) is 14.8. The van der Waals surface area contributed by atoms with Gasteiger partial charge in [-0.25, -0.2) is 4.79 Å². The average Bonchev–Trinajstić information content (AvgIpc) is 2.97. The lowest BCUT2D eigenvalue weighted by molar-refractivity contribution is 0.101. The minimum Gasteiger partial charge on any atom is -0.450 e. The van der Waals surface area contributed by atoms with Gasteiger partial charge in [0.1, 0.15) is 11.3 Å². The van der Waals surface area contributed by atoms with Gasteiger partial charge in [0.2, 0.25) is 5.78 Å².